The van der Waals surface area contributed by atoms with Gasteiger partial charge in [0.25, 0.3) is 0 Å². The first-order chi connectivity index (χ1) is 13.0. The van der Waals surface area contributed by atoms with Gasteiger partial charge in [-0.2, -0.15) is 0 Å². The van der Waals surface area contributed by atoms with Gasteiger partial charge in [0, 0.05) is 6.04 Å². The molecule has 0 amide bonds. The van der Waals surface area contributed by atoms with Crippen molar-refractivity contribution in [1.29, 1.82) is 0 Å². The molecule has 1 aliphatic rings. The Kier molecular flexibility index (Phi) is 10.6. The summed E-state index contributed by atoms with van der Waals surface area (Å²) < 4.78 is 11.2. The average Bonchev–Trinajstić information content (AvgIpc) is 3.16. The lowest BCUT2D eigenvalue weighted by molar-refractivity contribution is -0.159. The van der Waals surface area contributed by atoms with Gasteiger partial charge >= 0.3 is 11.9 Å². The smallest absolute Gasteiger partial charge is 0.414 e. The first kappa shape index (κ1) is 22.5. The highest BCUT2D eigenvalue weighted by Crippen LogP contribution is 2.28. The fourth-order valence-electron chi connectivity index (χ4n) is 2.79. The molecule has 150 valence electrons. The lowest BCUT2D eigenvalue weighted by Gasteiger charge is -2.13. The van der Waals surface area contributed by atoms with Crippen molar-refractivity contribution in [2.75, 3.05) is 20.3 Å². The molecule has 1 aliphatic carbocycles. The number of hydrogen-bond acceptors (Lipinski definition) is 5. The van der Waals surface area contributed by atoms with Gasteiger partial charge in [0.1, 0.15) is 0 Å². The maximum absolute atomic E-state index is 9.10. The van der Waals surface area contributed by atoms with E-state index in [4.69, 9.17) is 29.3 Å². The van der Waals surface area contributed by atoms with Crippen molar-refractivity contribution in [2.24, 2.45) is 0 Å². The highest BCUT2D eigenvalue weighted by molar-refractivity contribution is 6.27. The SMILES string of the molecule is C/C=C/c1ccc(OCCCNC2CCCC2)c(OC)c1.O=C(O)C(=O)O. The largest absolute Gasteiger partial charge is 0.493 e. The molecule has 0 radical (unpaired) electrons. The molecule has 0 spiro atoms. The Morgan fingerprint density at radius 1 is 1.19 bits per heavy atom. The second kappa shape index (κ2) is 12.8. The van der Waals surface area contributed by atoms with E-state index in [1.54, 1.807) is 7.11 Å². The molecule has 1 aromatic carbocycles. The van der Waals surface area contributed by atoms with Crippen LogP contribution in [-0.2, 0) is 9.59 Å². The van der Waals surface area contributed by atoms with Crippen LogP contribution in [0, 0.1) is 0 Å². The van der Waals surface area contributed by atoms with E-state index >= 15 is 0 Å². The van der Waals surface area contributed by atoms with Crippen LogP contribution in [0.1, 0.15) is 44.6 Å². The van der Waals surface area contributed by atoms with Crippen LogP contribution in [-0.4, -0.2) is 48.5 Å². The first-order valence-electron chi connectivity index (χ1n) is 9.11. The molecule has 0 saturated heterocycles. The number of methoxy groups -OCH3 is 1. The first-order valence-corrected chi connectivity index (χ1v) is 9.11. The van der Waals surface area contributed by atoms with E-state index in [1.807, 2.05) is 25.1 Å². The number of allylic oxidation sites excluding steroid dienone is 1. The minimum Gasteiger partial charge on any atom is -0.493 e. The molecule has 0 unspecified atom stereocenters. The minimum atomic E-state index is -1.82. The van der Waals surface area contributed by atoms with E-state index in [1.165, 1.54) is 25.7 Å². The molecule has 3 N–H and O–H groups in total. The fourth-order valence-corrected chi connectivity index (χ4v) is 2.79. The Labute approximate surface area is 160 Å². The highest BCUT2D eigenvalue weighted by atomic mass is 16.5. The monoisotopic (exact) mass is 379 g/mol. The molecule has 1 aromatic rings. The quantitative estimate of drug-likeness (QED) is 0.470. The standard InChI is InChI=1S/C18H27NO2.C2H2O4/c1-3-7-15-10-11-17(18(14-15)20-2)21-13-6-12-19-16-8-4-5-9-16;3-1(4)2(5)6/h3,7,10-11,14,16,19H,4-6,8-9,12-13H2,1-2H3;(H,3,4)(H,5,6)/b7-3+;. The predicted octanol–water partition coefficient (Wildman–Crippen LogP) is 3.19. The Hall–Kier alpha value is -2.54. The van der Waals surface area contributed by atoms with Crippen LogP contribution in [0.2, 0.25) is 0 Å². The second-order valence-electron chi connectivity index (χ2n) is 6.16. The molecule has 1 saturated carbocycles. The molecule has 0 heterocycles. The topological polar surface area (TPSA) is 105 Å². The van der Waals surface area contributed by atoms with Crippen molar-refractivity contribution in [3.8, 4) is 11.5 Å². The zero-order valence-corrected chi connectivity index (χ0v) is 15.9. The van der Waals surface area contributed by atoms with Gasteiger partial charge in [-0.1, -0.05) is 31.1 Å². The number of carboxylic acid groups (broad SMARTS) is 2. The van der Waals surface area contributed by atoms with Crippen LogP contribution in [0.15, 0.2) is 24.3 Å². The summed E-state index contributed by atoms with van der Waals surface area (Å²) in [5.41, 5.74) is 1.13. The number of nitrogens with one attached hydrogen (secondary N) is 1. The Morgan fingerprint density at radius 2 is 1.85 bits per heavy atom. The van der Waals surface area contributed by atoms with Crippen molar-refractivity contribution < 1.29 is 29.3 Å². The van der Waals surface area contributed by atoms with E-state index in [0.29, 0.717) is 0 Å². The summed E-state index contributed by atoms with van der Waals surface area (Å²) in [5, 5.41) is 18.4. The zero-order chi connectivity index (χ0) is 20.1. The lowest BCUT2D eigenvalue weighted by atomic mass is 10.2. The molecule has 7 nitrogen and oxygen atoms in total. The summed E-state index contributed by atoms with van der Waals surface area (Å²) >= 11 is 0. The maximum atomic E-state index is 9.10. The molecule has 0 aliphatic heterocycles. The summed E-state index contributed by atoms with van der Waals surface area (Å²) in [7, 11) is 1.68. The van der Waals surface area contributed by atoms with E-state index in [9.17, 15) is 0 Å². The molecule has 2 rings (SSSR count). The van der Waals surface area contributed by atoms with Crippen LogP contribution < -0.4 is 14.8 Å². The van der Waals surface area contributed by atoms with E-state index in [0.717, 1.165) is 42.7 Å². The Morgan fingerprint density at radius 3 is 2.41 bits per heavy atom. The summed E-state index contributed by atoms with van der Waals surface area (Å²) in [6.07, 6.45) is 10.5. The summed E-state index contributed by atoms with van der Waals surface area (Å²) in [4.78, 5) is 18.2. The van der Waals surface area contributed by atoms with Gasteiger partial charge in [-0.05, 0) is 50.4 Å². The highest BCUT2D eigenvalue weighted by Gasteiger charge is 2.13. The molecule has 7 heteroatoms. The van der Waals surface area contributed by atoms with Gasteiger partial charge in [-0.25, -0.2) is 9.59 Å². The third-order valence-electron chi connectivity index (χ3n) is 4.10. The van der Waals surface area contributed by atoms with Gasteiger partial charge < -0.3 is 25.0 Å². The van der Waals surface area contributed by atoms with Gasteiger partial charge in [-0.15, -0.1) is 0 Å². The maximum Gasteiger partial charge on any atom is 0.414 e. The Balaban J connectivity index is 0.000000527. The number of benzene rings is 1. The van der Waals surface area contributed by atoms with Crippen LogP contribution in [0.3, 0.4) is 0 Å². The third kappa shape index (κ3) is 9.10. The van der Waals surface area contributed by atoms with Crippen LogP contribution in [0.5, 0.6) is 11.5 Å². The average molecular weight is 379 g/mol. The summed E-state index contributed by atoms with van der Waals surface area (Å²) in [6, 6.07) is 6.78. The molecule has 27 heavy (non-hydrogen) atoms. The van der Waals surface area contributed by atoms with Crippen molar-refractivity contribution in [1.82, 2.24) is 5.32 Å². The number of aliphatic carboxylic acids is 2. The van der Waals surface area contributed by atoms with E-state index in [2.05, 4.69) is 17.5 Å². The number of ether oxygens (including phenoxy) is 2. The van der Waals surface area contributed by atoms with Gasteiger partial charge in [0.05, 0.1) is 13.7 Å². The molecule has 0 atom stereocenters. The third-order valence-corrected chi connectivity index (χ3v) is 4.10. The van der Waals surface area contributed by atoms with Gasteiger partial charge in [-0.3, -0.25) is 0 Å². The van der Waals surface area contributed by atoms with Crippen molar-refractivity contribution in [3.05, 3.63) is 29.8 Å². The number of rotatable bonds is 8. The molecular weight excluding hydrogens is 350 g/mol. The van der Waals surface area contributed by atoms with Crippen molar-refractivity contribution in [2.45, 2.75) is 45.1 Å². The zero-order valence-electron chi connectivity index (χ0n) is 15.9. The molecule has 0 aromatic heterocycles. The second-order valence-corrected chi connectivity index (χ2v) is 6.16. The molecule has 0 bridgehead atoms. The van der Waals surface area contributed by atoms with Crippen molar-refractivity contribution in [3.63, 3.8) is 0 Å². The van der Waals surface area contributed by atoms with E-state index < -0.39 is 11.9 Å². The lowest BCUT2D eigenvalue weighted by Crippen LogP contribution is -2.27. The number of carbonyl (C=O) groups is 2. The van der Waals surface area contributed by atoms with Crippen LogP contribution >= 0.6 is 0 Å². The fraction of sp³-hybridized carbons (Fsp3) is 0.500. The van der Waals surface area contributed by atoms with Gasteiger partial charge in [0.2, 0.25) is 0 Å². The van der Waals surface area contributed by atoms with Gasteiger partial charge in [0.15, 0.2) is 11.5 Å². The van der Waals surface area contributed by atoms with Crippen LogP contribution in [0.25, 0.3) is 6.08 Å². The number of hydrogen-bond donors (Lipinski definition) is 3. The normalized spacial score (nSPS) is 13.9. The number of carboxylic acids is 2. The molecule has 1 fully saturated rings. The summed E-state index contributed by atoms with van der Waals surface area (Å²) in [5.74, 6) is -2.02. The predicted molar refractivity (Wildman–Crippen MR) is 103 cm³/mol. The van der Waals surface area contributed by atoms with E-state index in [-0.39, 0.29) is 0 Å². The molecular formula is C20H29NO6. The van der Waals surface area contributed by atoms with Crippen LogP contribution in [0.4, 0.5) is 0 Å². The Bertz CT molecular complexity index is 611. The van der Waals surface area contributed by atoms with Crippen molar-refractivity contribution >= 4 is 18.0 Å². The minimum absolute atomic E-state index is 0.721. The summed E-state index contributed by atoms with van der Waals surface area (Å²) in [6.45, 7) is 3.76.